The molecule has 0 aliphatic carbocycles. The molecule has 1 aliphatic heterocycles. The van der Waals surface area contributed by atoms with Gasteiger partial charge < -0.3 is 19.7 Å². The van der Waals surface area contributed by atoms with Gasteiger partial charge in [0.05, 0.1) is 0 Å². The second-order valence-electron chi connectivity index (χ2n) is 6.82. The van der Waals surface area contributed by atoms with Crippen LogP contribution >= 0.6 is 0 Å². The molecule has 0 unspecified atom stereocenters. The van der Waals surface area contributed by atoms with E-state index in [0.29, 0.717) is 31.1 Å². The Bertz CT molecular complexity index is 807. The lowest BCUT2D eigenvalue weighted by Crippen LogP contribution is -2.33. The van der Waals surface area contributed by atoms with Gasteiger partial charge in [-0.1, -0.05) is 36.4 Å². The second kappa shape index (κ2) is 9.78. The summed E-state index contributed by atoms with van der Waals surface area (Å²) in [6.45, 7) is 3.20. The highest BCUT2D eigenvalue weighted by molar-refractivity contribution is 5.78. The van der Waals surface area contributed by atoms with Gasteiger partial charge in [0.2, 0.25) is 18.6 Å². The topological polar surface area (TPSA) is 67.9 Å². The Morgan fingerprint density at radius 2 is 1.82 bits per heavy atom. The van der Waals surface area contributed by atoms with Gasteiger partial charge in [-0.15, -0.1) is 0 Å². The molecule has 1 aliphatic rings. The van der Waals surface area contributed by atoms with Gasteiger partial charge in [0.25, 0.3) is 0 Å². The van der Waals surface area contributed by atoms with Crippen LogP contribution in [0.5, 0.6) is 11.5 Å². The Balaban J connectivity index is 1.40. The second-order valence-corrected chi connectivity index (χ2v) is 6.82. The van der Waals surface area contributed by atoms with Crippen LogP contribution in [0.4, 0.5) is 0 Å². The first-order valence-electron chi connectivity index (χ1n) is 9.56. The van der Waals surface area contributed by atoms with Crippen LogP contribution in [-0.2, 0) is 22.6 Å². The molecule has 2 aromatic rings. The minimum absolute atomic E-state index is 0.0370. The average molecular weight is 382 g/mol. The summed E-state index contributed by atoms with van der Waals surface area (Å²) in [5.41, 5.74) is 2.21. The number of hydrogen-bond acceptors (Lipinski definition) is 4. The van der Waals surface area contributed by atoms with Crippen molar-refractivity contribution in [2.24, 2.45) is 0 Å². The SMILES string of the molecule is CC(=O)N(CCC(=O)NCCCc1ccccc1)Cc1ccc2c(c1)OCO2. The minimum atomic E-state index is -0.0606. The van der Waals surface area contributed by atoms with E-state index in [1.165, 1.54) is 12.5 Å². The number of carbonyl (C=O) groups excluding carboxylic acids is 2. The van der Waals surface area contributed by atoms with Gasteiger partial charge in [-0.05, 0) is 36.1 Å². The smallest absolute Gasteiger partial charge is 0.231 e. The van der Waals surface area contributed by atoms with Crippen molar-refractivity contribution in [3.63, 3.8) is 0 Å². The molecule has 148 valence electrons. The number of aryl methyl sites for hydroxylation is 1. The summed E-state index contributed by atoms with van der Waals surface area (Å²) in [4.78, 5) is 25.7. The predicted molar refractivity (Wildman–Crippen MR) is 106 cm³/mol. The number of carbonyl (C=O) groups is 2. The first kappa shape index (κ1) is 19.7. The van der Waals surface area contributed by atoms with Crippen LogP contribution in [0.3, 0.4) is 0 Å². The molecule has 0 bridgehead atoms. The molecule has 0 saturated heterocycles. The van der Waals surface area contributed by atoms with Gasteiger partial charge in [-0.3, -0.25) is 9.59 Å². The first-order chi connectivity index (χ1) is 13.6. The van der Waals surface area contributed by atoms with E-state index in [9.17, 15) is 9.59 Å². The number of amides is 2. The average Bonchev–Trinajstić information content (AvgIpc) is 3.17. The fourth-order valence-electron chi connectivity index (χ4n) is 3.10. The number of rotatable bonds is 9. The molecule has 0 saturated carbocycles. The number of nitrogens with one attached hydrogen (secondary N) is 1. The van der Waals surface area contributed by atoms with Crippen LogP contribution in [0.1, 0.15) is 30.9 Å². The third-order valence-electron chi connectivity index (χ3n) is 4.67. The van der Waals surface area contributed by atoms with Crippen molar-refractivity contribution < 1.29 is 19.1 Å². The third-order valence-corrected chi connectivity index (χ3v) is 4.67. The maximum absolute atomic E-state index is 12.1. The summed E-state index contributed by atoms with van der Waals surface area (Å²) in [5, 5.41) is 2.93. The Kier molecular flexibility index (Phi) is 6.89. The minimum Gasteiger partial charge on any atom is -0.454 e. The molecule has 0 spiro atoms. The molecule has 2 aromatic carbocycles. The quantitative estimate of drug-likeness (QED) is 0.677. The van der Waals surface area contributed by atoms with Crippen LogP contribution in [0.25, 0.3) is 0 Å². The fraction of sp³-hybridized carbons (Fsp3) is 0.364. The van der Waals surface area contributed by atoms with E-state index < -0.39 is 0 Å². The van der Waals surface area contributed by atoms with Crippen molar-refractivity contribution in [1.29, 1.82) is 0 Å². The highest BCUT2D eigenvalue weighted by Crippen LogP contribution is 2.32. The van der Waals surface area contributed by atoms with E-state index in [1.807, 2.05) is 36.4 Å². The largest absolute Gasteiger partial charge is 0.454 e. The number of fused-ring (bicyclic) bond motifs is 1. The van der Waals surface area contributed by atoms with Crippen molar-refractivity contribution in [2.45, 2.75) is 32.7 Å². The maximum Gasteiger partial charge on any atom is 0.231 e. The van der Waals surface area contributed by atoms with Crippen LogP contribution < -0.4 is 14.8 Å². The molecular weight excluding hydrogens is 356 g/mol. The molecule has 0 radical (unpaired) electrons. The normalized spacial score (nSPS) is 11.9. The van der Waals surface area contributed by atoms with Crippen molar-refractivity contribution in [3.05, 3.63) is 59.7 Å². The molecule has 2 amide bonds. The Morgan fingerprint density at radius 3 is 2.61 bits per heavy atom. The Labute approximate surface area is 165 Å². The van der Waals surface area contributed by atoms with Crippen LogP contribution in [0.15, 0.2) is 48.5 Å². The summed E-state index contributed by atoms with van der Waals surface area (Å²) in [7, 11) is 0. The van der Waals surface area contributed by atoms with E-state index in [-0.39, 0.29) is 25.0 Å². The molecular formula is C22H26N2O4. The lowest BCUT2D eigenvalue weighted by atomic mass is 10.1. The molecule has 6 nitrogen and oxygen atoms in total. The van der Waals surface area contributed by atoms with Gasteiger partial charge in [0.15, 0.2) is 11.5 Å². The predicted octanol–water partition coefficient (Wildman–Crippen LogP) is 2.90. The summed E-state index contributed by atoms with van der Waals surface area (Å²) in [5.74, 6) is 1.31. The lowest BCUT2D eigenvalue weighted by Gasteiger charge is -2.21. The van der Waals surface area contributed by atoms with E-state index in [0.717, 1.165) is 18.4 Å². The van der Waals surface area contributed by atoms with Gasteiger partial charge in [-0.2, -0.15) is 0 Å². The summed E-state index contributed by atoms with van der Waals surface area (Å²) >= 11 is 0. The lowest BCUT2D eigenvalue weighted by molar-refractivity contribution is -0.130. The van der Waals surface area contributed by atoms with Crippen molar-refractivity contribution in [1.82, 2.24) is 10.2 Å². The fourth-order valence-corrected chi connectivity index (χ4v) is 3.10. The Hall–Kier alpha value is -3.02. The summed E-state index contributed by atoms with van der Waals surface area (Å²) < 4.78 is 10.7. The van der Waals surface area contributed by atoms with Crippen molar-refractivity contribution in [2.75, 3.05) is 19.9 Å². The number of hydrogen-bond donors (Lipinski definition) is 1. The van der Waals surface area contributed by atoms with Gasteiger partial charge in [0.1, 0.15) is 0 Å². The highest BCUT2D eigenvalue weighted by atomic mass is 16.7. The zero-order chi connectivity index (χ0) is 19.8. The van der Waals surface area contributed by atoms with Gasteiger partial charge >= 0.3 is 0 Å². The van der Waals surface area contributed by atoms with Crippen LogP contribution in [0, 0.1) is 0 Å². The van der Waals surface area contributed by atoms with E-state index in [2.05, 4.69) is 17.4 Å². The van der Waals surface area contributed by atoms with E-state index in [1.54, 1.807) is 4.90 Å². The van der Waals surface area contributed by atoms with Crippen LogP contribution in [0.2, 0.25) is 0 Å². The summed E-state index contributed by atoms with van der Waals surface area (Å²) in [6.07, 6.45) is 2.11. The molecule has 1 heterocycles. The molecule has 6 heteroatoms. The Morgan fingerprint density at radius 1 is 1.04 bits per heavy atom. The number of benzene rings is 2. The summed E-state index contributed by atoms with van der Waals surface area (Å²) in [6, 6.07) is 15.8. The third kappa shape index (κ3) is 5.74. The molecule has 0 fully saturated rings. The van der Waals surface area contributed by atoms with E-state index >= 15 is 0 Å². The van der Waals surface area contributed by atoms with Crippen LogP contribution in [-0.4, -0.2) is 36.6 Å². The molecule has 3 rings (SSSR count). The van der Waals surface area contributed by atoms with Gasteiger partial charge in [-0.25, -0.2) is 0 Å². The van der Waals surface area contributed by atoms with E-state index in [4.69, 9.17) is 9.47 Å². The molecule has 0 atom stereocenters. The first-order valence-corrected chi connectivity index (χ1v) is 9.56. The number of nitrogens with zero attached hydrogens (tertiary/aromatic N) is 1. The zero-order valence-corrected chi connectivity index (χ0v) is 16.1. The standard InChI is InChI=1S/C22H26N2O4/c1-17(25)24(15-19-9-10-20-21(14-19)28-16-27-20)13-11-22(26)23-12-5-8-18-6-3-2-4-7-18/h2-4,6-7,9-10,14H,5,8,11-13,15-16H2,1H3,(H,23,26). The maximum atomic E-state index is 12.1. The molecule has 0 aromatic heterocycles. The highest BCUT2D eigenvalue weighted by Gasteiger charge is 2.16. The molecule has 1 N–H and O–H groups in total. The van der Waals surface area contributed by atoms with Crippen molar-refractivity contribution >= 4 is 11.8 Å². The molecule has 28 heavy (non-hydrogen) atoms. The van der Waals surface area contributed by atoms with Crippen molar-refractivity contribution in [3.8, 4) is 11.5 Å². The van der Waals surface area contributed by atoms with Gasteiger partial charge in [0, 0.05) is 33.0 Å². The zero-order valence-electron chi connectivity index (χ0n) is 16.1. The number of ether oxygens (including phenoxy) is 2. The monoisotopic (exact) mass is 382 g/mol.